The Labute approximate surface area is 139 Å². The molecular weight excluding hydrogens is 328 g/mol. The van der Waals surface area contributed by atoms with Crippen LogP contribution < -0.4 is 0 Å². The molecule has 0 aliphatic heterocycles. The third-order valence-corrected chi connectivity index (χ3v) is 5.10. The van der Waals surface area contributed by atoms with Gasteiger partial charge in [-0.1, -0.05) is 29.8 Å². The lowest BCUT2D eigenvalue weighted by Crippen LogP contribution is -2.13. The quantitative estimate of drug-likeness (QED) is 0.735. The topological polar surface area (TPSA) is 89.3 Å². The van der Waals surface area contributed by atoms with Gasteiger partial charge in [0.25, 0.3) is 10.0 Å². The van der Waals surface area contributed by atoms with Crippen molar-refractivity contribution in [2.75, 3.05) is 0 Å². The fourth-order valence-electron chi connectivity index (χ4n) is 2.19. The van der Waals surface area contributed by atoms with Crippen LogP contribution in [0.25, 0.3) is 0 Å². The summed E-state index contributed by atoms with van der Waals surface area (Å²) in [7, 11) is -3.87. The van der Waals surface area contributed by atoms with E-state index in [9.17, 15) is 18.3 Å². The molecule has 0 radical (unpaired) electrons. The van der Waals surface area contributed by atoms with Gasteiger partial charge in [0.2, 0.25) is 0 Å². The summed E-state index contributed by atoms with van der Waals surface area (Å²) in [6.07, 6.45) is 2.31. The third kappa shape index (κ3) is 2.81. The molecule has 1 aromatic heterocycles. The van der Waals surface area contributed by atoms with E-state index in [1.165, 1.54) is 30.5 Å². The molecule has 122 valence electrons. The van der Waals surface area contributed by atoms with Gasteiger partial charge >= 0.3 is 0 Å². The first-order chi connectivity index (χ1) is 11.4. The van der Waals surface area contributed by atoms with Crippen molar-refractivity contribution in [2.24, 2.45) is 0 Å². The van der Waals surface area contributed by atoms with Crippen LogP contribution in [0.4, 0.5) is 0 Å². The van der Waals surface area contributed by atoms with Crippen LogP contribution in [0.5, 0.6) is 5.75 Å². The number of hydrogen-bond acceptors (Lipinski definition) is 5. The summed E-state index contributed by atoms with van der Waals surface area (Å²) in [4.78, 5) is 12.5. The first-order valence-corrected chi connectivity index (χ1v) is 8.53. The average Bonchev–Trinajstić information content (AvgIpc) is 3.06. The molecule has 3 rings (SSSR count). The van der Waals surface area contributed by atoms with Crippen molar-refractivity contribution in [1.82, 2.24) is 9.19 Å². The Morgan fingerprint density at radius 3 is 2.42 bits per heavy atom. The highest BCUT2D eigenvalue weighted by Gasteiger charge is 2.21. The van der Waals surface area contributed by atoms with E-state index >= 15 is 0 Å². The molecule has 0 saturated heterocycles. The fraction of sp³-hybridized carbons (Fsp3) is 0.0588. The smallest absolute Gasteiger partial charge is 0.282 e. The Morgan fingerprint density at radius 1 is 1.08 bits per heavy atom. The fourth-order valence-corrected chi connectivity index (χ4v) is 3.31. The van der Waals surface area contributed by atoms with E-state index in [4.69, 9.17) is 0 Å². The van der Waals surface area contributed by atoms with Crippen LogP contribution in [-0.4, -0.2) is 28.5 Å². The molecule has 6 nitrogen and oxygen atoms in total. The van der Waals surface area contributed by atoms with Gasteiger partial charge in [0.05, 0.1) is 28.4 Å². The maximum Gasteiger partial charge on any atom is 0.282 e. The zero-order valence-corrected chi connectivity index (χ0v) is 13.6. The SMILES string of the molecule is Cc1ccc(S(=O)(=O)n2cc(C(=O)c3ccccc3O)cn2)cc1. The highest BCUT2D eigenvalue weighted by molar-refractivity contribution is 7.89. The molecule has 0 bridgehead atoms. The highest BCUT2D eigenvalue weighted by Crippen LogP contribution is 2.21. The van der Waals surface area contributed by atoms with Crippen LogP contribution in [0.15, 0.2) is 65.8 Å². The number of nitrogens with zero attached hydrogens (tertiary/aromatic N) is 2. The van der Waals surface area contributed by atoms with E-state index in [2.05, 4.69) is 5.10 Å². The van der Waals surface area contributed by atoms with Gasteiger partial charge in [0.1, 0.15) is 5.75 Å². The van der Waals surface area contributed by atoms with Crippen LogP contribution in [0.2, 0.25) is 0 Å². The zero-order valence-electron chi connectivity index (χ0n) is 12.7. The first kappa shape index (κ1) is 15.9. The van der Waals surface area contributed by atoms with Gasteiger partial charge in [-0.25, -0.2) is 0 Å². The lowest BCUT2D eigenvalue weighted by molar-refractivity contribution is 0.103. The van der Waals surface area contributed by atoms with Crippen molar-refractivity contribution < 1.29 is 18.3 Å². The van der Waals surface area contributed by atoms with Crippen LogP contribution in [0.1, 0.15) is 21.5 Å². The van der Waals surface area contributed by atoms with Gasteiger partial charge in [-0.05, 0) is 31.2 Å². The summed E-state index contributed by atoms with van der Waals surface area (Å²) < 4.78 is 25.8. The Kier molecular flexibility index (Phi) is 3.94. The average molecular weight is 342 g/mol. The molecule has 0 fully saturated rings. The minimum Gasteiger partial charge on any atom is -0.507 e. The number of carbonyl (C=O) groups is 1. The van der Waals surface area contributed by atoms with Gasteiger partial charge in [-0.3, -0.25) is 4.79 Å². The standard InChI is InChI=1S/C17H14N2O4S/c1-12-6-8-14(9-7-12)24(22,23)19-11-13(10-18-19)17(21)15-4-2-3-5-16(15)20/h2-11,20H,1H3. The Hall–Kier alpha value is -2.93. The van der Waals surface area contributed by atoms with Crippen LogP contribution in [-0.2, 0) is 10.0 Å². The molecule has 7 heteroatoms. The number of aromatic nitrogens is 2. The summed E-state index contributed by atoms with van der Waals surface area (Å²) in [6, 6.07) is 12.4. The van der Waals surface area contributed by atoms with Crippen LogP contribution >= 0.6 is 0 Å². The molecule has 0 atom stereocenters. The van der Waals surface area contributed by atoms with Gasteiger partial charge in [0, 0.05) is 0 Å². The summed E-state index contributed by atoms with van der Waals surface area (Å²) >= 11 is 0. The largest absolute Gasteiger partial charge is 0.507 e. The number of phenols is 1. The lowest BCUT2D eigenvalue weighted by atomic mass is 10.1. The van der Waals surface area contributed by atoms with Gasteiger partial charge < -0.3 is 5.11 Å². The van der Waals surface area contributed by atoms with Crippen molar-refractivity contribution in [1.29, 1.82) is 0 Å². The Bertz CT molecular complexity index is 1010. The summed E-state index contributed by atoms with van der Waals surface area (Å²) in [6.45, 7) is 1.85. The second-order valence-corrected chi connectivity index (χ2v) is 7.06. The number of benzene rings is 2. The van der Waals surface area contributed by atoms with Crippen molar-refractivity contribution in [3.63, 3.8) is 0 Å². The Balaban J connectivity index is 1.97. The van der Waals surface area contributed by atoms with E-state index in [0.29, 0.717) is 0 Å². The zero-order chi connectivity index (χ0) is 17.3. The molecule has 0 amide bonds. The second-order valence-electron chi connectivity index (χ2n) is 5.27. The highest BCUT2D eigenvalue weighted by atomic mass is 32.2. The molecule has 1 heterocycles. The number of ketones is 1. The van der Waals surface area contributed by atoms with Gasteiger partial charge in [0.15, 0.2) is 5.78 Å². The van der Waals surface area contributed by atoms with Crippen molar-refractivity contribution in [2.45, 2.75) is 11.8 Å². The number of carbonyl (C=O) groups excluding carboxylic acids is 1. The molecule has 0 spiro atoms. The number of phenolic OH excluding ortho intramolecular Hbond substituents is 1. The number of rotatable bonds is 4. The van der Waals surface area contributed by atoms with Crippen molar-refractivity contribution >= 4 is 15.8 Å². The molecule has 0 unspecified atom stereocenters. The van der Waals surface area contributed by atoms with Gasteiger partial charge in [-0.15, -0.1) is 0 Å². The van der Waals surface area contributed by atoms with E-state index in [1.807, 2.05) is 6.92 Å². The minimum atomic E-state index is -3.87. The van der Waals surface area contributed by atoms with E-state index in [0.717, 1.165) is 15.8 Å². The lowest BCUT2D eigenvalue weighted by Gasteiger charge is -2.04. The van der Waals surface area contributed by atoms with E-state index in [-0.39, 0.29) is 21.8 Å². The summed E-state index contributed by atoms with van der Waals surface area (Å²) in [5.41, 5.74) is 1.10. The number of aromatic hydroxyl groups is 1. The number of aryl methyl sites for hydroxylation is 1. The molecular formula is C17H14N2O4S. The molecule has 3 aromatic rings. The summed E-state index contributed by atoms with van der Waals surface area (Å²) in [5.74, 6) is -0.671. The maximum atomic E-state index is 12.5. The van der Waals surface area contributed by atoms with Crippen LogP contribution in [0.3, 0.4) is 0 Å². The van der Waals surface area contributed by atoms with E-state index < -0.39 is 15.8 Å². The van der Waals surface area contributed by atoms with Crippen LogP contribution in [0, 0.1) is 6.92 Å². The molecule has 2 aromatic carbocycles. The predicted octanol–water partition coefficient (Wildman–Crippen LogP) is 2.37. The Morgan fingerprint density at radius 2 is 1.75 bits per heavy atom. The summed E-state index contributed by atoms with van der Waals surface area (Å²) in [5, 5.41) is 13.5. The minimum absolute atomic E-state index is 0.0761. The molecule has 0 aliphatic rings. The third-order valence-electron chi connectivity index (χ3n) is 3.54. The molecule has 24 heavy (non-hydrogen) atoms. The maximum absolute atomic E-state index is 12.5. The second kappa shape index (κ2) is 5.93. The normalized spacial score (nSPS) is 11.4. The monoisotopic (exact) mass is 342 g/mol. The van der Waals surface area contributed by atoms with Crippen molar-refractivity contribution in [3.05, 3.63) is 77.6 Å². The molecule has 0 aliphatic carbocycles. The number of para-hydroxylation sites is 1. The molecule has 0 saturated carbocycles. The van der Waals surface area contributed by atoms with Crippen molar-refractivity contribution in [3.8, 4) is 5.75 Å². The molecule has 1 N–H and O–H groups in total. The predicted molar refractivity (Wildman–Crippen MR) is 87.5 cm³/mol. The number of hydrogen-bond donors (Lipinski definition) is 1. The first-order valence-electron chi connectivity index (χ1n) is 7.09. The van der Waals surface area contributed by atoms with Gasteiger partial charge in [-0.2, -0.15) is 17.6 Å². The van der Waals surface area contributed by atoms with E-state index in [1.54, 1.807) is 24.3 Å².